The van der Waals surface area contributed by atoms with Gasteiger partial charge in [-0.25, -0.2) is 4.98 Å². The minimum Gasteiger partial charge on any atom is -0.331 e. The maximum absolute atomic E-state index is 5.81. The highest BCUT2D eigenvalue weighted by Crippen LogP contribution is 2.20. The Hall–Kier alpha value is -1.61. The number of nitrogens with two attached hydrogens (primary N) is 1. The monoisotopic (exact) mass is 229 g/mol. The van der Waals surface area contributed by atoms with Crippen LogP contribution in [0.2, 0.25) is 0 Å². The fourth-order valence-electron chi connectivity index (χ4n) is 1.92. The van der Waals surface area contributed by atoms with Crippen LogP contribution in [0.25, 0.3) is 11.3 Å². The number of aryl methyl sites for hydroxylation is 1. The lowest BCUT2D eigenvalue weighted by molar-refractivity contribution is 0.673. The van der Waals surface area contributed by atoms with Crippen LogP contribution < -0.4 is 5.73 Å². The van der Waals surface area contributed by atoms with E-state index in [1.807, 2.05) is 20.2 Å². The zero-order chi connectivity index (χ0) is 12.4. The maximum atomic E-state index is 5.81. The Balaban J connectivity index is 2.33. The van der Waals surface area contributed by atoms with E-state index < -0.39 is 0 Å². The van der Waals surface area contributed by atoms with E-state index in [1.54, 1.807) is 0 Å². The van der Waals surface area contributed by atoms with E-state index in [1.165, 1.54) is 11.1 Å². The van der Waals surface area contributed by atoms with Gasteiger partial charge in [-0.1, -0.05) is 29.8 Å². The highest BCUT2D eigenvalue weighted by molar-refractivity contribution is 5.59. The maximum Gasteiger partial charge on any atom is 0.110 e. The Kier molecular flexibility index (Phi) is 3.29. The largest absolute Gasteiger partial charge is 0.331 e. The number of rotatable bonds is 3. The first-order valence-corrected chi connectivity index (χ1v) is 5.91. The van der Waals surface area contributed by atoms with Crippen molar-refractivity contribution in [3.05, 3.63) is 41.9 Å². The van der Waals surface area contributed by atoms with Crippen LogP contribution in [-0.2, 0) is 13.5 Å². The van der Waals surface area contributed by atoms with Gasteiger partial charge in [0.05, 0.1) is 11.9 Å². The third-order valence-electron chi connectivity index (χ3n) is 2.94. The molecule has 1 aromatic heterocycles. The lowest BCUT2D eigenvalue weighted by Crippen LogP contribution is -2.20. The summed E-state index contributed by atoms with van der Waals surface area (Å²) in [5.74, 6) is 1.04. The van der Waals surface area contributed by atoms with E-state index in [2.05, 4.69) is 40.7 Å². The third kappa shape index (κ3) is 2.56. The van der Waals surface area contributed by atoms with Gasteiger partial charge in [0.1, 0.15) is 5.82 Å². The molecule has 3 heteroatoms. The lowest BCUT2D eigenvalue weighted by atomic mass is 10.1. The summed E-state index contributed by atoms with van der Waals surface area (Å²) in [5.41, 5.74) is 9.41. The first-order chi connectivity index (χ1) is 8.08. The van der Waals surface area contributed by atoms with Gasteiger partial charge in [-0.15, -0.1) is 0 Å². The smallest absolute Gasteiger partial charge is 0.110 e. The number of nitrogens with zero attached hydrogens (tertiary/aromatic N) is 2. The van der Waals surface area contributed by atoms with Crippen LogP contribution in [0.15, 0.2) is 30.5 Å². The fourth-order valence-corrected chi connectivity index (χ4v) is 1.92. The topological polar surface area (TPSA) is 43.8 Å². The molecule has 0 bridgehead atoms. The van der Waals surface area contributed by atoms with Crippen LogP contribution >= 0.6 is 0 Å². The van der Waals surface area contributed by atoms with Crippen molar-refractivity contribution in [3.8, 4) is 11.3 Å². The summed E-state index contributed by atoms with van der Waals surface area (Å²) in [5, 5.41) is 0. The van der Waals surface area contributed by atoms with Gasteiger partial charge in [-0.05, 0) is 19.4 Å². The highest BCUT2D eigenvalue weighted by Gasteiger charge is 2.09. The van der Waals surface area contributed by atoms with E-state index in [0.29, 0.717) is 0 Å². The van der Waals surface area contributed by atoms with E-state index in [-0.39, 0.29) is 6.04 Å². The normalized spacial score (nSPS) is 12.7. The van der Waals surface area contributed by atoms with Crippen LogP contribution in [0.5, 0.6) is 0 Å². The van der Waals surface area contributed by atoms with E-state index in [9.17, 15) is 0 Å². The molecule has 0 aliphatic heterocycles. The minimum atomic E-state index is 0.141. The Morgan fingerprint density at radius 2 is 1.94 bits per heavy atom. The van der Waals surface area contributed by atoms with E-state index in [4.69, 9.17) is 5.73 Å². The molecule has 1 atom stereocenters. The Labute approximate surface area is 102 Å². The predicted molar refractivity (Wildman–Crippen MR) is 70.7 cm³/mol. The van der Waals surface area contributed by atoms with Gasteiger partial charge in [-0.3, -0.25) is 0 Å². The van der Waals surface area contributed by atoms with Gasteiger partial charge in [0.25, 0.3) is 0 Å². The second kappa shape index (κ2) is 4.72. The van der Waals surface area contributed by atoms with Crippen molar-refractivity contribution in [1.29, 1.82) is 0 Å². The SMILES string of the molecule is Cc1ccc(-c2cnc(CC(C)N)n2C)cc1. The van der Waals surface area contributed by atoms with Crippen molar-refractivity contribution in [3.63, 3.8) is 0 Å². The van der Waals surface area contributed by atoms with Crippen LogP contribution in [0, 0.1) is 6.92 Å². The highest BCUT2D eigenvalue weighted by atomic mass is 15.1. The molecule has 0 aliphatic rings. The first kappa shape index (κ1) is 11.9. The molecule has 0 saturated carbocycles. The quantitative estimate of drug-likeness (QED) is 0.877. The summed E-state index contributed by atoms with van der Waals surface area (Å²) in [6, 6.07) is 8.63. The molecular formula is C14H19N3. The number of hydrogen-bond acceptors (Lipinski definition) is 2. The molecule has 0 saturated heterocycles. The summed E-state index contributed by atoms with van der Waals surface area (Å²) >= 11 is 0. The van der Waals surface area contributed by atoms with Gasteiger partial charge in [0.2, 0.25) is 0 Å². The lowest BCUT2D eigenvalue weighted by Gasteiger charge is -2.08. The van der Waals surface area contributed by atoms with Gasteiger partial charge in [-0.2, -0.15) is 0 Å². The van der Waals surface area contributed by atoms with Crippen molar-refractivity contribution < 1.29 is 0 Å². The molecule has 1 heterocycles. The van der Waals surface area contributed by atoms with E-state index in [0.717, 1.165) is 17.9 Å². The average Bonchev–Trinajstić information content (AvgIpc) is 2.61. The van der Waals surface area contributed by atoms with Crippen LogP contribution in [0.4, 0.5) is 0 Å². The Morgan fingerprint density at radius 3 is 2.53 bits per heavy atom. The molecule has 0 spiro atoms. The molecule has 0 fully saturated rings. The number of hydrogen-bond donors (Lipinski definition) is 1. The molecule has 0 aliphatic carbocycles. The molecule has 2 aromatic rings. The number of imidazole rings is 1. The summed E-state index contributed by atoms with van der Waals surface area (Å²) in [6.07, 6.45) is 2.73. The third-order valence-corrected chi connectivity index (χ3v) is 2.94. The standard InChI is InChI=1S/C14H19N3/c1-10-4-6-12(7-5-10)13-9-16-14(17(13)3)8-11(2)15/h4-7,9,11H,8,15H2,1-3H3. The van der Waals surface area contributed by atoms with E-state index >= 15 is 0 Å². The molecular weight excluding hydrogens is 210 g/mol. The predicted octanol–water partition coefficient (Wildman–Crippen LogP) is 2.29. The molecule has 1 aromatic carbocycles. The Morgan fingerprint density at radius 1 is 1.29 bits per heavy atom. The van der Waals surface area contributed by atoms with Crippen molar-refractivity contribution in [2.24, 2.45) is 12.8 Å². The average molecular weight is 229 g/mol. The molecule has 90 valence electrons. The number of benzene rings is 1. The van der Waals surface area contributed by atoms with Crippen LogP contribution in [0.1, 0.15) is 18.3 Å². The molecule has 17 heavy (non-hydrogen) atoms. The molecule has 1 unspecified atom stereocenters. The zero-order valence-corrected chi connectivity index (χ0v) is 10.6. The van der Waals surface area contributed by atoms with Crippen molar-refractivity contribution in [2.75, 3.05) is 0 Å². The minimum absolute atomic E-state index is 0.141. The second-order valence-electron chi connectivity index (χ2n) is 4.67. The Bertz CT molecular complexity index is 495. The van der Waals surface area contributed by atoms with Crippen LogP contribution in [0.3, 0.4) is 0 Å². The first-order valence-electron chi connectivity index (χ1n) is 5.91. The fraction of sp³-hybridized carbons (Fsp3) is 0.357. The second-order valence-corrected chi connectivity index (χ2v) is 4.67. The number of aromatic nitrogens is 2. The van der Waals surface area contributed by atoms with Crippen molar-refractivity contribution >= 4 is 0 Å². The summed E-state index contributed by atoms with van der Waals surface area (Å²) in [7, 11) is 2.04. The van der Waals surface area contributed by atoms with Gasteiger partial charge in [0.15, 0.2) is 0 Å². The molecule has 3 nitrogen and oxygen atoms in total. The summed E-state index contributed by atoms with van der Waals surface area (Å²) < 4.78 is 2.12. The molecule has 2 N–H and O–H groups in total. The summed E-state index contributed by atoms with van der Waals surface area (Å²) in [4.78, 5) is 4.44. The van der Waals surface area contributed by atoms with Gasteiger partial charge >= 0.3 is 0 Å². The molecule has 0 radical (unpaired) electrons. The summed E-state index contributed by atoms with van der Waals surface area (Å²) in [6.45, 7) is 4.09. The zero-order valence-electron chi connectivity index (χ0n) is 10.6. The van der Waals surface area contributed by atoms with Gasteiger partial charge < -0.3 is 10.3 Å². The van der Waals surface area contributed by atoms with Gasteiger partial charge in [0, 0.05) is 19.5 Å². The molecule has 2 rings (SSSR count). The van der Waals surface area contributed by atoms with Crippen molar-refractivity contribution in [2.45, 2.75) is 26.3 Å². The molecule has 0 amide bonds. The van der Waals surface area contributed by atoms with Crippen molar-refractivity contribution in [1.82, 2.24) is 9.55 Å². The van der Waals surface area contributed by atoms with Crippen LogP contribution in [-0.4, -0.2) is 15.6 Å².